The predicted octanol–water partition coefficient (Wildman–Crippen LogP) is 1.64. The fourth-order valence-electron chi connectivity index (χ4n) is 2.05. The highest BCUT2D eigenvalue weighted by atomic mass is 16.5. The highest BCUT2D eigenvalue weighted by Gasteiger charge is 2.20. The minimum Gasteiger partial charge on any atom is -0.393 e. The van der Waals surface area contributed by atoms with Crippen LogP contribution in [0.25, 0.3) is 0 Å². The maximum Gasteiger partial charge on any atom is 0.162 e. The van der Waals surface area contributed by atoms with Gasteiger partial charge in [0.2, 0.25) is 0 Å². The van der Waals surface area contributed by atoms with Crippen molar-refractivity contribution < 1.29 is 19.1 Å². The molecule has 17 heavy (non-hydrogen) atoms. The molecule has 5 nitrogen and oxygen atoms in total. The van der Waals surface area contributed by atoms with Gasteiger partial charge in [-0.2, -0.15) is 0 Å². The summed E-state index contributed by atoms with van der Waals surface area (Å²) in [5, 5.41) is 13.3. The molecule has 1 aliphatic rings. The van der Waals surface area contributed by atoms with E-state index in [-0.39, 0.29) is 12.2 Å². The Balaban J connectivity index is 1.73. The Kier molecular flexibility index (Phi) is 4.53. The van der Waals surface area contributed by atoms with Crippen LogP contribution in [0.4, 0.5) is 0 Å². The molecule has 5 heteroatoms. The summed E-state index contributed by atoms with van der Waals surface area (Å²) < 4.78 is 15.7. The maximum absolute atomic E-state index is 9.38. The van der Waals surface area contributed by atoms with E-state index in [4.69, 9.17) is 14.0 Å². The molecule has 0 bridgehead atoms. The third-order valence-electron chi connectivity index (χ3n) is 3.00. The van der Waals surface area contributed by atoms with Crippen molar-refractivity contribution in [3.05, 3.63) is 17.5 Å². The van der Waals surface area contributed by atoms with Crippen LogP contribution in [0.1, 0.15) is 37.1 Å². The topological polar surface area (TPSA) is 64.7 Å². The Morgan fingerprint density at radius 1 is 1.35 bits per heavy atom. The zero-order valence-corrected chi connectivity index (χ0v) is 10.1. The lowest BCUT2D eigenvalue weighted by Gasteiger charge is -2.25. The standard InChI is InChI=1S/C12H19NO4/c1-15-8-12-6-9(13-17-12)7-16-11-4-2-10(14)3-5-11/h6,10-11,14H,2-5,7-8H2,1H3. The Hall–Kier alpha value is -0.910. The normalized spacial score (nSPS) is 25.1. The average Bonchev–Trinajstić information content (AvgIpc) is 2.77. The van der Waals surface area contributed by atoms with Gasteiger partial charge in [-0.3, -0.25) is 0 Å². The van der Waals surface area contributed by atoms with Gasteiger partial charge in [0.25, 0.3) is 0 Å². The van der Waals surface area contributed by atoms with Crippen molar-refractivity contribution in [3.63, 3.8) is 0 Å². The lowest BCUT2D eigenvalue weighted by molar-refractivity contribution is -0.0137. The summed E-state index contributed by atoms with van der Waals surface area (Å²) in [6.07, 6.45) is 3.60. The highest BCUT2D eigenvalue weighted by molar-refractivity contribution is 5.03. The van der Waals surface area contributed by atoms with Gasteiger partial charge in [-0.1, -0.05) is 5.16 Å². The fourth-order valence-corrected chi connectivity index (χ4v) is 2.05. The molecule has 96 valence electrons. The van der Waals surface area contributed by atoms with Crippen LogP contribution in [0.5, 0.6) is 0 Å². The number of hydrogen-bond acceptors (Lipinski definition) is 5. The Bertz CT molecular complexity index is 331. The second-order valence-corrected chi connectivity index (χ2v) is 4.46. The van der Waals surface area contributed by atoms with Gasteiger partial charge in [0.05, 0.1) is 18.8 Å². The monoisotopic (exact) mass is 241 g/mol. The zero-order valence-electron chi connectivity index (χ0n) is 10.1. The first-order chi connectivity index (χ1) is 8.28. The first-order valence-corrected chi connectivity index (χ1v) is 6.01. The molecule has 0 unspecified atom stereocenters. The minimum atomic E-state index is -0.143. The van der Waals surface area contributed by atoms with Crippen molar-refractivity contribution in [1.82, 2.24) is 5.16 Å². The van der Waals surface area contributed by atoms with E-state index in [1.165, 1.54) is 0 Å². The number of nitrogens with zero attached hydrogens (tertiary/aromatic N) is 1. The molecule has 0 spiro atoms. The molecule has 1 heterocycles. The van der Waals surface area contributed by atoms with Crippen molar-refractivity contribution in [1.29, 1.82) is 0 Å². The lowest BCUT2D eigenvalue weighted by Crippen LogP contribution is -2.24. The van der Waals surface area contributed by atoms with Crippen LogP contribution >= 0.6 is 0 Å². The molecule has 0 aliphatic heterocycles. The summed E-state index contributed by atoms with van der Waals surface area (Å²) in [5.41, 5.74) is 0.795. The van der Waals surface area contributed by atoms with Gasteiger partial charge < -0.3 is 19.1 Å². The molecular weight excluding hydrogens is 222 g/mol. The van der Waals surface area contributed by atoms with E-state index in [0.29, 0.717) is 19.0 Å². The average molecular weight is 241 g/mol. The molecule has 1 aliphatic carbocycles. The van der Waals surface area contributed by atoms with Gasteiger partial charge >= 0.3 is 0 Å². The molecule has 0 amide bonds. The number of ether oxygens (including phenoxy) is 2. The third kappa shape index (κ3) is 3.80. The Labute approximate surface area is 101 Å². The van der Waals surface area contributed by atoms with Crippen molar-refractivity contribution in [3.8, 4) is 0 Å². The number of aliphatic hydroxyl groups excluding tert-OH is 1. The third-order valence-corrected chi connectivity index (χ3v) is 3.00. The predicted molar refractivity (Wildman–Crippen MR) is 60.3 cm³/mol. The molecule has 1 fully saturated rings. The molecule has 0 saturated heterocycles. The van der Waals surface area contributed by atoms with Crippen LogP contribution in [0.2, 0.25) is 0 Å². The molecule has 0 atom stereocenters. The first kappa shape index (κ1) is 12.5. The molecule has 2 rings (SSSR count). The largest absolute Gasteiger partial charge is 0.393 e. The quantitative estimate of drug-likeness (QED) is 0.849. The summed E-state index contributed by atoms with van der Waals surface area (Å²) in [5.74, 6) is 0.713. The Morgan fingerprint density at radius 3 is 2.82 bits per heavy atom. The van der Waals surface area contributed by atoms with Gasteiger partial charge in [-0.25, -0.2) is 0 Å². The lowest BCUT2D eigenvalue weighted by atomic mass is 9.95. The number of aromatic nitrogens is 1. The fraction of sp³-hybridized carbons (Fsp3) is 0.750. The van der Waals surface area contributed by atoms with Gasteiger partial charge in [0, 0.05) is 13.2 Å². The van der Waals surface area contributed by atoms with E-state index in [1.807, 2.05) is 6.07 Å². The van der Waals surface area contributed by atoms with Crippen molar-refractivity contribution in [2.75, 3.05) is 7.11 Å². The second-order valence-electron chi connectivity index (χ2n) is 4.46. The smallest absolute Gasteiger partial charge is 0.162 e. The number of aliphatic hydroxyl groups is 1. The summed E-state index contributed by atoms with van der Waals surface area (Å²) >= 11 is 0. The van der Waals surface area contributed by atoms with Crippen LogP contribution in [0.3, 0.4) is 0 Å². The summed E-state index contributed by atoms with van der Waals surface area (Å²) in [4.78, 5) is 0. The van der Waals surface area contributed by atoms with Gasteiger partial charge in [-0.15, -0.1) is 0 Å². The van der Waals surface area contributed by atoms with Crippen LogP contribution in [-0.4, -0.2) is 29.6 Å². The van der Waals surface area contributed by atoms with E-state index < -0.39 is 0 Å². The molecule has 1 aromatic rings. The van der Waals surface area contributed by atoms with Crippen molar-refractivity contribution >= 4 is 0 Å². The van der Waals surface area contributed by atoms with Crippen LogP contribution in [-0.2, 0) is 22.7 Å². The van der Waals surface area contributed by atoms with Crippen LogP contribution in [0.15, 0.2) is 10.6 Å². The van der Waals surface area contributed by atoms with Gasteiger partial charge in [0.15, 0.2) is 5.76 Å². The number of methoxy groups -OCH3 is 1. The molecule has 0 radical (unpaired) electrons. The number of hydrogen-bond donors (Lipinski definition) is 1. The molecule has 1 saturated carbocycles. The molecule has 1 aromatic heterocycles. The minimum absolute atomic E-state index is 0.143. The summed E-state index contributed by atoms with van der Waals surface area (Å²) in [7, 11) is 1.62. The SMILES string of the molecule is COCc1cc(COC2CCC(O)CC2)no1. The van der Waals surface area contributed by atoms with Crippen molar-refractivity contribution in [2.45, 2.75) is 51.1 Å². The van der Waals surface area contributed by atoms with Gasteiger partial charge in [0.1, 0.15) is 12.3 Å². The van der Waals surface area contributed by atoms with E-state index in [1.54, 1.807) is 7.11 Å². The highest BCUT2D eigenvalue weighted by Crippen LogP contribution is 2.22. The van der Waals surface area contributed by atoms with E-state index in [0.717, 1.165) is 31.4 Å². The maximum atomic E-state index is 9.38. The van der Waals surface area contributed by atoms with E-state index in [9.17, 15) is 5.11 Å². The zero-order chi connectivity index (χ0) is 12.1. The van der Waals surface area contributed by atoms with Crippen LogP contribution < -0.4 is 0 Å². The molecule has 0 aromatic carbocycles. The summed E-state index contributed by atoms with van der Waals surface area (Å²) in [6.45, 7) is 0.899. The molecular formula is C12H19NO4. The van der Waals surface area contributed by atoms with Gasteiger partial charge in [-0.05, 0) is 25.7 Å². The number of rotatable bonds is 5. The van der Waals surface area contributed by atoms with E-state index in [2.05, 4.69) is 5.16 Å². The van der Waals surface area contributed by atoms with Crippen molar-refractivity contribution in [2.24, 2.45) is 0 Å². The molecule has 1 N–H and O–H groups in total. The second kappa shape index (κ2) is 6.14. The Morgan fingerprint density at radius 2 is 2.12 bits per heavy atom. The first-order valence-electron chi connectivity index (χ1n) is 6.01. The van der Waals surface area contributed by atoms with Crippen LogP contribution in [0, 0.1) is 0 Å². The van der Waals surface area contributed by atoms with E-state index >= 15 is 0 Å². The summed E-state index contributed by atoms with van der Waals surface area (Å²) in [6, 6.07) is 1.85.